The van der Waals surface area contributed by atoms with Crippen molar-refractivity contribution in [1.29, 1.82) is 0 Å². The van der Waals surface area contributed by atoms with E-state index in [4.69, 9.17) is 34.7 Å². The zero-order valence-corrected chi connectivity index (χ0v) is 24.8. The van der Waals surface area contributed by atoms with E-state index >= 15 is 0 Å². The zero-order valence-electron chi connectivity index (χ0n) is 22.9. The summed E-state index contributed by atoms with van der Waals surface area (Å²) in [5, 5.41) is 20.5. The van der Waals surface area contributed by atoms with E-state index in [9.17, 15) is 33.9 Å². The second kappa shape index (κ2) is 12.4. The number of aliphatic hydroxyl groups is 2. The summed E-state index contributed by atoms with van der Waals surface area (Å²) >= 11 is 0. The fourth-order valence-corrected chi connectivity index (χ4v) is 6.43. The Balaban J connectivity index is 1.20. The number of phosphoric ester groups is 1. The molecule has 9 atom stereocenters. The number of hydrogen-bond donors (Lipinski definition) is 7. The summed E-state index contributed by atoms with van der Waals surface area (Å²) in [7, 11) is -8.08. The first kappa shape index (κ1) is 31.6. The van der Waals surface area contributed by atoms with Crippen LogP contribution in [0.3, 0.4) is 0 Å². The Hall–Kier alpha value is -3.40. The van der Waals surface area contributed by atoms with Crippen LogP contribution < -0.4 is 17.0 Å². The van der Waals surface area contributed by atoms with Gasteiger partial charge in [0.15, 0.2) is 28.9 Å². The van der Waals surface area contributed by atoms with Crippen LogP contribution in [0.1, 0.15) is 18.9 Å². The van der Waals surface area contributed by atoms with Crippen LogP contribution in [0, 0.1) is 0 Å². The van der Waals surface area contributed by atoms with Crippen LogP contribution >= 0.6 is 15.9 Å². The lowest BCUT2D eigenvalue weighted by atomic mass is 10.1. The van der Waals surface area contributed by atoms with E-state index in [-0.39, 0.29) is 29.4 Å². The first-order valence-corrected chi connectivity index (χ1v) is 16.3. The molecule has 0 radical (unpaired) electrons. The highest BCUT2D eigenvalue weighted by Crippen LogP contribution is 2.50. The molecule has 2 fully saturated rings. The molecule has 2 saturated heterocycles. The number of hydrogen-bond acceptors (Lipinski definition) is 17. The minimum absolute atomic E-state index is 0.0815. The van der Waals surface area contributed by atoms with Gasteiger partial charge in [-0.05, 0) is 0 Å². The summed E-state index contributed by atoms with van der Waals surface area (Å²) < 4.78 is 55.0. The van der Waals surface area contributed by atoms with Gasteiger partial charge in [0.1, 0.15) is 48.8 Å². The molecule has 4 aromatic rings. The molecule has 6 heterocycles. The Morgan fingerprint density at radius 3 is 2.62 bits per heavy atom. The Morgan fingerprint density at radius 1 is 1.11 bits per heavy atom. The highest BCUT2D eigenvalue weighted by Gasteiger charge is 2.50. The molecule has 6 rings (SSSR count). The quantitative estimate of drug-likeness (QED) is 0.0844. The molecule has 24 heteroatoms. The van der Waals surface area contributed by atoms with Gasteiger partial charge >= 0.3 is 7.82 Å². The van der Waals surface area contributed by atoms with Crippen LogP contribution in [0.2, 0.25) is 0 Å². The lowest BCUT2D eigenvalue weighted by Crippen LogP contribution is -2.35. The van der Waals surface area contributed by atoms with Crippen molar-refractivity contribution in [2.45, 2.75) is 49.4 Å². The second-order valence-corrected chi connectivity index (χ2v) is 12.5. The molecular weight excluding hydrogens is 646 g/mol. The number of nitrogen functional groups attached to an aromatic ring is 2. The van der Waals surface area contributed by atoms with E-state index in [0.29, 0.717) is 11.2 Å². The lowest BCUT2D eigenvalue weighted by Gasteiger charge is -2.25. The third kappa shape index (κ3) is 6.22. The van der Waals surface area contributed by atoms with Gasteiger partial charge in [-0.15, -0.1) is 0 Å². The topological polar surface area (TPSA) is 320 Å². The zero-order chi connectivity index (χ0) is 32.0. The standard InChI is InChI=1S/C21H28N10O12P2/c22-16-12-17(25-4-24-16)30(5-26-12)11-1-8(39-7-44(35)36)10(41-11)3-40-45(37,38)43-15-14(33)9(2-32)42-20(15)31-6-27-13-18(31)28-21(23)29-19(13)34/h4-6,8-11,14-15,20,32-33,44H,1-3,7H2,(H,35,36)(H,37,38)(H2,22,24,25)(H3,23,28,29,34)/t8?,9-,10-,11-,14?,15?,20-/m1/s1. The van der Waals surface area contributed by atoms with E-state index in [1.165, 1.54) is 17.2 Å². The molecule has 0 aliphatic carbocycles. The van der Waals surface area contributed by atoms with Crippen molar-refractivity contribution in [2.24, 2.45) is 0 Å². The molecule has 0 aromatic carbocycles. The largest absolute Gasteiger partial charge is 0.472 e. The van der Waals surface area contributed by atoms with Crippen LogP contribution in [-0.2, 0) is 32.4 Å². The maximum absolute atomic E-state index is 13.2. The molecule has 45 heavy (non-hydrogen) atoms. The van der Waals surface area contributed by atoms with E-state index in [1.54, 1.807) is 0 Å². The number of anilines is 2. The van der Waals surface area contributed by atoms with Crippen LogP contribution in [0.25, 0.3) is 22.3 Å². The lowest BCUT2D eigenvalue weighted by molar-refractivity contribution is -0.0646. The van der Waals surface area contributed by atoms with E-state index in [0.717, 1.165) is 10.9 Å². The first-order chi connectivity index (χ1) is 21.5. The van der Waals surface area contributed by atoms with Gasteiger partial charge < -0.3 is 45.7 Å². The number of aromatic amines is 1. The van der Waals surface area contributed by atoms with Crippen LogP contribution in [-0.4, -0.2) is 109 Å². The highest BCUT2D eigenvalue weighted by atomic mass is 31.2. The Kier molecular flexibility index (Phi) is 8.71. The van der Waals surface area contributed by atoms with E-state index < -0.39 is 83.9 Å². The molecule has 0 spiro atoms. The predicted octanol–water partition coefficient (Wildman–Crippen LogP) is -2.03. The number of ether oxygens (including phenoxy) is 3. The predicted molar refractivity (Wildman–Crippen MR) is 149 cm³/mol. The number of rotatable bonds is 11. The van der Waals surface area contributed by atoms with Crippen molar-refractivity contribution in [3.8, 4) is 0 Å². The van der Waals surface area contributed by atoms with Gasteiger partial charge in [-0.3, -0.25) is 32.5 Å². The van der Waals surface area contributed by atoms with Crippen LogP contribution in [0.5, 0.6) is 0 Å². The van der Waals surface area contributed by atoms with Crippen molar-refractivity contribution in [3.63, 3.8) is 0 Å². The molecule has 4 aromatic heterocycles. The van der Waals surface area contributed by atoms with Gasteiger partial charge in [0.2, 0.25) is 14.0 Å². The summed E-state index contributed by atoms with van der Waals surface area (Å²) in [6, 6.07) is 0. The molecule has 9 N–H and O–H groups in total. The maximum Gasteiger partial charge on any atom is 0.472 e. The van der Waals surface area contributed by atoms with E-state index in [1.807, 2.05) is 0 Å². The molecule has 22 nitrogen and oxygen atoms in total. The monoisotopic (exact) mass is 674 g/mol. The fraction of sp³-hybridized carbons (Fsp3) is 0.524. The maximum atomic E-state index is 13.2. The third-order valence-electron chi connectivity index (χ3n) is 7.17. The molecule has 0 saturated carbocycles. The molecule has 0 amide bonds. The molecular formula is C21H28N10O12P2. The number of H-pyrrole nitrogens is 1. The van der Waals surface area contributed by atoms with Gasteiger partial charge in [0.25, 0.3) is 5.56 Å². The third-order valence-corrected chi connectivity index (χ3v) is 8.57. The van der Waals surface area contributed by atoms with Crippen molar-refractivity contribution < 1.29 is 52.4 Å². The van der Waals surface area contributed by atoms with Gasteiger partial charge in [0.05, 0.1) is 32.0 Å². The second-order valence-electron chi connectivity index (χ2n) is 10.0. The Morgan fingerprint density at radius 2 is 1.87 bits per heavy atom. The van der Waals surface area contributed by atoms with Crippen LogP contribution in [0.15, 0.2) is 23.8 Å². The van der Waals surface area contributed by atoms with Crippen molar-refractivity contribution >= 4 is 49.9 Å². The summed E-state index contributed by atoms with van der Waals surface area (Å²) in [4.78, 5) is 54.7. The number of fused-ring (bicyclic) bond motifs is 2. The average Bonchev–Trinajstić information content (AvgIpc) is 3.76. The normalized spacial score (nSPS) is 29.0. The number of nitrogens with one attached hydrogen (secondary N) is 1. The van der Waals surface area contributed by atoms with Crippen LogP contribution in [0.4, 0.5) is 11.8 Å². The molecule has 2 aliphatic heterocycles. The van der Waals surface area contributed by atoms with Crippen molar-refractivity contribution in [2.75, 3.05) is 31.0 Å². The number of aliphatic hydroxyl groups excluding tert-OH is 2. The molecule has 5 unspecified atom stereocenters. The molecule has 244 valence electrons. The molecule has 0 bridgehead atoms. The number of nitrogens with two attached hydrogens (primary N) is 2. The van der Waals surface area contributed by atoms with Gasteiger partial charge in [0, 0.05) is 6.42 Å². The summed E-state index contributed by atoms with van der Waals surface area (Å²) in [6.07, 6.45) is -5.31. The Bertz CT molecular complexity index is 1840. The van der Waals surface area contributed by atoms with Crippen molar-refractivity contribution in [3.05, 3.63) is 29.3 Å². The molecule has 2 aliphatic rings. The first-order valence-electron chi connectivity index (χ1n) is 13.2. The summed E-state index contributed by atoms with van der Waals surface area (Å²) in [6.45, 7) is -1.30. The summed E-state index contributed by atoms with van der Waals surface area (Å²) in [5.41, 5.74) is 11.3. The fourth-order valence-electron chi connectivity index (χ4n) is 5.14. The highest BCUT2D eigenvalue weighted by molar-refractivity contribution is 7.47. The minimum Gasteiger partial charge on any atom is -0.394 e. The number of phosphoric acid groups is 1. The van der Waals surface area contributed by atoms with Gasteiger partial charge in [-0.25, -0.2) is 24.5 Å². The minimum atomic E-state index is -5.04. The SMILES string of the molecule is Nc1nc2c(ncn2[C@@H]2O[C@H](CO)C(O)C2OP(=O)(O)OC[C@H]2O[C@@H](n3cnc4c(N)ncnc43)CC2OC[PH](=O)O)c(=O)[nH]1. The smallest absolute Gasteiger partial charge is 0.394 e. The number of nitrogens with zero attached hydrogens (tertiary/aromatic N) is 7. The summed E-state index contributed by atoms with van der Waals surface area (Å²) in [5.74, 6) is -0.117. The average molecular weight is 674 g/mol. The van der Waals surface area contributed by atoms with Crippen molar-refractivity contribution in [1.82, 2.24) is 39.0 Å². The van der Waals surface area contributed by atoms with Gasteiger partial charge in [-0.2, -0.15) is 4.98 Å². The Labute approximate surface area is 251 Å². The number of imidazole rings is 2. The van der Waals surface area contributed by atoms with E-state index in [2.05, 4.69) is 29.9 Å². The number of aromatic nitrogens is 8. The van der Waals surface area contributed by atoms with Gasteiger partial charge in [-0.1, -0.05) is 0 Å².